The summed E-state index contributed by atoms with van der Waals surface area (Å²) >= 11 is 0. The minimum absolute atomic E-state index is 0.542. The van der Waals surface area contributed by atoms with Crippen LogP contribution in [-0.4, -0.2) is 26.5 Å². The number of hydrogen-bond acceptors (Lipinski definition) is 5. The van der Waals surface area contributed by atoms with Crippen molar-refractivity contribution in [2.24, 2.45) is 0 Å². The van der Waals surface area contributed by atoms with Gasteiger partial charge < -0.3 is 24.0 Å². The largest absolute Gasteiger partial charge is 0.497 e. The second-order valence-electron chi connectivity index (χ2n) is 8.98. The Morgan fingerprint density at radius 3 is 2.19 bits per heavy atom. The average molecular weight is 486 g/mol. The van der Waals surface area contributed by atoms with Crippen molar-refractivity contribution < 1.29 is 18.6 Å². The predicted octanol–water partition coefficient (Wildman–Crippen LogP) is 8.08. The molecule has 0 aliphatic rings. The lowest BCUT2D eigenvalue weighted by molar-refractivity contribution is 0.328. The molecule has 36 heavy (non-hydrogen) atoms. The van der Waals surface area contributed by atoms with E-state index in [1.165, 1.54) is 18.4 Å². The second kappa shape index (κ2) is 12.3. The Morgan fingerprint density at radius 2 is 1.50 bits per heavy atom. The molecule has 4 aromatic rings. The lowest BCUT2D eigenvalue weighted by atomic mass is 9.98. The van der Waals surface area contributed by atoms with E-state index in [-0.39, 0.29) is 0 Å². The van der Waals surface area contributed by atoms with Crippen LogP contribution in [0.15, 0.2) is 71.1 Å². The third kappa shape index (κ3) is 6.28. The number of fused-ring (bicyclic) bond motifs is 1. The molecule has 0 bridgehead atoms. The fraction of sp³-hybridized carbons (Fsp3) is 0.323. The van der Waals surface area contributed by atoms with Crippen LogP contribution in [0.2, 0.25) is 0 Å². The van der Waals surface area contributed by atoms with E-state index in [0.29, 0.717) is 13.0 Å². The van der Waals surface area contributed by atoms with E-state index >= 15 is 0 Å². The van der Waals surface area contributed by atoms with E-state index in [1.807, 2.05) is 48.5 Å². The van der Waals surface area contributed by atoms with E-state index in [1.54, 1.807) is 14.2 Å². The number of benzene rings is 3. The number of nitrogens with one attached hydrogen (secondary N) is 1. The van der Waals surface area contributed by atoms with Crippen LogP contribution in [0, 0.1) is 5.41 Å². The van der Waals surface area contributed by atoms with Gasteiger partial charge in [0.25, 0.3) is 0 Å². The van der Waals surface area contributed by atoms with Gasteiger partial charge in [-0.25, -0.2) is 0 Å². The van der Waals surface area contributed by atoms with Crippen molar-refractivity contribution >= 4 is 16.7 Å². The van der Waals surface area contributed by atoms with Crippen molar-refractivity contribution in [2.45, 2.75) is 45.4 Å². The molecule has 5 nitrogen and oxygen atoms in total. The molecule has 1 aromatic heterocycles. The summed E-state index contributed by atoms with van der Waals surface area (Å²) in [4.78, 5) is 0. The third-order valence-corrected chi connectivity index (χ3v) is 6.41. The van der Waals surface area contributed by atoms with Crippen molar-refractivity contribution in [3.63, 3.8) is 0 Å². The number of rotatable bonds is 13. The van der Waals surface area contributed by atoms with E-state index in [0.717, 1.165) is 70.1 Å². The molecule has 0 fully saturated rings. The first kappa shape index (κ1) is 25.4. The van der Waals surface area contributed by atoms with Crippen molar-refractivity contribution in [1.29, 1.82) is 5.41 Å². The van der Waals surface area contributed by atoms with Crippen LogP contribution in [0.3, 0.4) is 0 Å². The van der Waals surface area contributed by atoms with Crippen LogP contribution in [-0.2, 0) is 6.42 Å². The quantitative estimate of drug-likeness (QED) is 0.154. The zero-order chi connectivity index (χ0) is 25.3. The number of ether oxygens (including phenoxy) is 3. The van der Waals surface area contributed by atoms with Crippen molar-refractivity contribution in [3.8, 4) is 28.6 Å². The molecule has 0 aliphatic carbocycles. The van der Waals surface area contributed by atoms with Gasteiger partial charge >= 0.3 is 0 Å². The highest BCUT2D eigenvalue weighted by atomic mass is 16.5. The van der Waals surface area contributed by atoms with Crippen LogP contribution < -0.4 is 14.2 Å². The molecular formula is C31H35NO4. The molecular weight excluding hydrogens is 450 g/mol. The summed E-state index contributed by atoms with van der Waals surface area (Å²) in [6, 6.07) is 22.1. The molecule has 0 spiro atoms. The first-order valence-electron chi connectivity index (χ1n) is 12.6. The topological polar surface area (TPSA) is 64.7 Å². The smallest absolute Gasteiger partial charge is 0.138 e. The highest BCUT2D eigenvalue weighted by Crippen LogP contribution is 2.37. The molecule has 5 heteroatoms. The van der Waals surface area contributed by atoms with E-state index in [2.05, 4.69) is 25.1 Å². The number of methoxy groups -OCH3 is 2. The molecule has 1 heterocycles. The van der Waals surface area contributed by atoms with Crippen LogP contribution >= 0.6 is 0 Å². The van der Waals surface area contributed by atoms with Crippen LogP contribution in [0.4, 0.5) is 0 Å². The Bertz CT molecular complexity index is 1270. The summed E-state index contributed by atoms with van der Waals surface area (Å²) < 4.78 is 23.0. The molecule has 0 radical (unpaired) electrons. The Hall–Kier alpha value is -3.73. The second-order valence-corrected chi connectivity index (χ2v) is 8.98. The lowest BCUT2D eigenvalue weighted by Crippen LogP contribution is -2.05. The summed E-state index contributed by atoms with van der Waals surface area (Å²) in [7, 11) is 3.33. The molecule has 1 N–H and O–H groups in total. The molecule has 3 aromatic carbocycles. The Balaban J connectivity index is 1.50. The summed E-state index contributed by atoms with van der Waals surface area (Å²) in [5.41, 5.74) is 4.88. The number of furan rings is 1. The minimum Gasteiger partial charge on any atom is -0.497 e. The van der Waals surface area contributed by atoms with Gasteiger partial charge in [-0.2, -0.15) is 0 Å². The summed E-state index contributed by atoms with van der Waals surface area (Å²) in [5.74, 6) is 3.26. The maximum atomic E-state index is 8.08. The van der Waals surface area contributed by atoms with Crippen LogP contribution in [0.5, 0.6) is 17.2 Å². The number of hydrogen-bond donors (Lipinski definition) is 1. The number of unbranched alkanes of at least 4 members (excludes halogenated alkanes) is 2. The molecule has 0 saturated carbocycles. The van der Waals surface area contributed by atoms with E-state index in [9.17, 15) is 0 Å². The van der Waals surface area contributed by atoms with Gasteiger partial charge in [-0.3, -0.25) is 0 Å². The Kier molecular flexibility index (Phi) is 8.66. The molecule has 0 atom stereocenters. The first-order chi connectivity index (χ1) is 17.6. The molecule has 0 saturated heterocycles. The fourth-order valence-electron chi connectivity index (χ4n) is 4.32. The normalized spacial score (nSPS) is 11.0. The first-order valence-corrected chi connectivity index (χ1v) is 12.6. The lowest BCUT2D eigenvalue weighted by Gasteiger charge is -2.09. The zero-order valence-electron chi connectivity index (χ0n) is 21.4. The van der Waals surface area contributed by atoms with Gasteiger partial charge in [0.05, 0.1) is 20.8 Å². The summed E-state index contributed by atoms with van der Waals surface area (Å²) in [6.45, 7) is 2.72. The molecule has 188 valence electrons. The predicted molar refractivity (Wildman–Crippen MR) is 146 cm³/mol. The van der Waals surface area contributed by atoms with Gasteiger partial charge in [0.2, 0.25) is 0 Å². The Labute approximate surface area is 213 Å². The van der Waals surface area contributed by atoms with Crippen LogP contribution in [0.25, 0.3) is 22.3 Å². The SMILES string of the molecule is CCCCCC(=N)CCOc1ccc(Cc2c(-c3ccc(OC)cc3)oc3cc(OC)ccc23)cc1. The zero-order valence-corrected chi connectivity index (χ0v) is 21.4. The molecule has 4 rings (SSSR count). The molecule has 0 amide bonds. The summed E-state index contributed by atoms with van der Waals surface area (Å²) in [5, 5.41) is 9.15. The minimum atomic E-state index is 0.542. The highest BCUT2D eigenvalue weighted by molar-refractivity contribution is 5.89. The van der Waals surface area contributed by atoms with Crippen molar-refractivity contribution in [3.05, 3.63) is 77.9 Å². The van der Waals surface area contributed by atoms with Crippen molar-refractivity contribution in [1.82, 2.24) is 0 Å². The van der Waals surface area contributed by atoms with Crippen LogP contribution in [0.1, 0.15) is 50.2 Å². The van der Waals surface area contributed by atoms with E-state index < -0.39 is 0 Å². The van der Waals surface area contributed by atoms with Crippen molar-refractivity contribution in [2.75, 3.05) is 20.8 Å². The van der Waals surface area contributed by atoms with Gasteiger partial charge in [-0.1, -0.05) is 31.9 Å². The van der Waals surface area contributed by atoms with E-state index in [4.69, 9.17) is 24.0 Å². The average Bonchev–Trinajstić information content (AvgIpc) is 3.27. The Morgan fingerprint density at radius 1 is 0.806 bits per heavy atom. The van der Waals surface area contributed by atoms with Gasteiger partial charge in [0.1, 0.15) is 28.6 Å². The fourth-order valence-corrected chi connectivity index (χ4v) is 4.32. The maximum absolute atomic E-state index is 8.08. The van der Waals surface area contributed by atoms with Gasteiger partial charge in [-0.05, 0) is 66.9 Å². The molecule has 0 aliphatic heterocycles. The molecule has 0 unspecified atom stereocenters. The highest BCUT2D eigenvalue weighted by Gasteiger charge is 2.17. The summed E-state index contributed by atoms with van der Waals surface area (Å²) in [6.07, 6.45) is 5.74. The maximum Gasteiger partial charge on any atom is 0.138 e. The van der Waals surface area contributed by atoms with Gasteiger partial charge in [0.15, 0.2) is 0 Å². The monoisotopic (exact) mass is 485 g/mol. The van der Waals surface area contributed by atoms with Gasteiger partial charge in [-0.15, -0.1) is 0 Å². The van der Waals surface area contributed by atoms with Gasteiger partial charge in [0, 0.05) is 41.1 Å². The standard InChI is InChI=1S/C31H35NO4/c1-4-5-6-7-24(32)18-19-35-26-12-8-22(9-13-26)20-29-28-17-16-27(34-3)21-30(28)36-31(29)23-10-14-25(33-2)15-11-23/h8-17,21,32H,4-7,18-20H2,1-3H3. The third-order valence-electron chi connectivity index (χ3n) is 6.41.